The van der Waals surface area contributed by atoms with Gasteiger partial charge in [-0.1, -0.05) is 13.8 Å². The number of nitrogens with two attached hydrogens (primary N) is 2. The summed E-state index contributed by atoms with van der Waals surface area (Å²) in [6.45, 7) is 3.26. The number of carbonyl (C=O) groups excluding carboxylic acids is 7. The molecule has 0 rings (SSSR count). The van der Waals surface area contributed by atoms with Crippen LogP contribution in [0.5, 0.6) is 0 Å². The summed E-state index contributed by atoms with van der Waals surface area (Å²) in [4.78, 5) is 111. The van der Waals surface area contributed by atoms with Crippen molar-refractivity contribution in [2.45, 2.75) is 102 Å². The van der Waals surface area contributed by atoms with Crippen molar-refractivity contribution in [3.8, 4) is 0 Å². The van der Waals surface area contributed by atoms with Gasteiger partial charge in [0.05, 0.1) is 25.4 Å². The zero-order chi connectivity index (χ0) is 38.9. The number of aliphatic hydroxyl groups is 3. The van der Waals surface area contributed by atoms with E-state index in [0.717, 1.165) is 6.92 Å². The van der Waals surface area contributed by atoms with Crippen molar-refractivity contribution in [2.75, 3.05) is 13.2 Å². The van der Waals surface area contributed by atoms with Gasteiger partial charge in [0.15, 0.2) is 0 Å². The minimum atomic E-state index is -1.87. The maximum atomic E-state index is 13.2. The SMILES string of the molecule is CC(C)[C@H](NC(=O)[C@H](CO)NC(=O)[C@@H](NC(=O)[C@H](CCC(=O)O)NC(=O)[C@H](CO)NC(=O)[C@H](CCC(N)=O)NC(=O)[C@H](C)N)[C@@H](C)O)C(=O)O. The lowest BCUT2D eigenvalue weighted by atomic mass is 10.0. The second kappa shape index (κ2) is 21.9. The second-order valence-electron chi connectivity index (χ2n) is 11.6. The van der Waals surface area contributed by atoms with Gasteiger partial charge in [-0.3, -0.25) is 38.4 Å². The van der Waals surface area contributed by atoms with Gasteiger partial charge in [0.25, 0.3) is 0 Å². The average molecular weight is 721 g/mol. The van der Waals surface area contributed by atoms with Gasteiger partial charge >= 0.3 is 11.9 Å². The average Bonchev–Trinajstić information content (AvgIpc) is 3.02. The van der Waals surface area contributed by atoms with E-state index >= 15 is 0 Å². The molecule has 0 aromatic carbocycles. The fraction of sp³-hybridized carbons (Fsp3) is 0.679. The van der Waals surface area contributed by atoms with Gasteiger partial charge in [-0.2, -0.15) is 0 Å². The molecule has 0 aromatic heterocycles. The number of carboxylic acids is 2. The van der Waals surface area contributed by atoms with Gasteiger partial charge in [-0.05, 0) is 32.6 Å². The number of amides is 7. The first-order valence-electron chi connectivity index (χ1n) is 15.4. The first-order valence-corrected chi connectivity index (χ1v) is 15.4. The first-order chi connectivity index (χ1) is 23.2. The number of hydrogen-bond acceptors (Lipinski definition) is 13. The molecule has 7 amide bonds. The molecule has 0 bridgehead atoms. The number of carboxylic acid groups (broad SMARTS) is 2. The molecular weight excluding hydrogens is 672 g/mol. The molecule has 50 heavy (non-hydrogen) atoms. The molecule has 22 heteroatoms. The Morgan fingerprint density at radius 1 is 0.560 bits per heavy atom. The molecule has 0 aliphatic rings. The Labute approximate surface area is 286 Å². The summed E-state index contributed by atoms with van der Waals surface area (Å²) in [5, 5.41) is 61.0. The third kappa shape index (κ3) is 16.0. The van der Waals surface area contributed by atoms with Crippen molar-refractivity contribution >= 4 is 53.3 Å². The lowest BCUT2D eigenvalue weighted by molar-refractivity contribution is -0.144. The Morgan fingerprint density at radius 3 is 1.34 bits per heavy atom. The predicted molar refractivity (Wildman–Crippen MR) is 169 cm³/mol. The van der Waals surface area contributed by atoms with E-state index < -0.39 is 134 Å². The molecule has 0 saturated carbocycles. The maximum absolute atomic E-state index is 13.2. The zero-order valence-electron chi connectivity index (χ0n) is 28.0. The monoisotopic (exact) mass is 720 g/mol. The molecule has 284 valence electrons. The topological polar surface area (TPSA) is 379 Å². The predicted octanol–water partition coefficient (Wildman–Crippen LogP) is -6.52. The van der Waals surface area contributed by atoms with Crippen LogP contribution in [0.15, 0.2) is 0 Å². The highest BCUT2D eigenvalue weighted by Crippen LogP contribution is 2.06. The molecule has 0 heterocycles. The fourth-order valence-electron chi connectivity index (χ4n) is 4.02. The van der Waals surface area contributed by atoms with Crippen LogP contribution < -0.4 is 43.4 Å². The lowest BCUT2D eigenvalue weighted by Crippen LogP contribution is -2.62. The van der Waals surface area contributed by atoms with Crippen molar-refractivity contribution in [2.24, 2.45) is 17.4 Å². The van der Waals surface area contributed by atoms with Crippen LogP contribution in [0.2, 0.25) is 0 Å². The molecule has 0 saturated heterocycles. The van der Waals surface area contributed by atoms with E-state index in [2.05, 4.69) is 31.9 Å². The molecule has 8 atom stereocenters. The molecule has 0 radical (unpaired) electrons. The van der Waals surface area contributed by atoms with Crippen LogP contribution in [0.25, 0.3) is 0 Å². The Balaban J connectivity index is 5.98. The van der Waals surface area contributed by atoms with Gasteiger partial charge in [-0.25, -0.2) is 4.79 Å². The molecule has 0 aliphatic heterocycles. The van der Waals surface area contributed by atoms with Gasteiger partial charge in [0.1, 0.15) is 36.3 Å². The molecular formula is C28H48N8O14. The van der Waals surface area contributed by atoms with Crippen LogP contribution in [-0.4, -0.2) is 140 Å². The Bertz CT molecular complexity index is 1240. The number of nitrogens with one attached hydrogen (secondary N) is 6. The highest BCUT2D eigenvalue weighted by molar-refractivity contribution is 5.97. The first kappa shape index (κ1) is 45.1. The number of primary amides is 1. The minimum absolute atomic E-state index is 0.317. The van der Waals surface area contributed by atoms with Crippen molar-refractivity contribution < 1.29 is 68.7 Å². The minimum Gasteiger partial charge on any atom is -0.481 e. The molecule has 0 fully saturated rings. The Kier molecular flexibility index (Phi) is 19.8. The van der Waals surface area contributed by atoms with Crippen molar-refractivity contribution in [1.29, 1.82) is 0 Å². The van der Waals surface area contributed by atoms with Gasteiger partial charge in [-0.15, -0.1) is 0 Å². The summed E-state index contributed by atoms with van der Waals surface area (Å²) in [5.74, 6) is -10.9. The van der Waals surface area contributed by atoms with Crippen LogP contribution >= 0.6 is 0 Å². The highest BCUT2D eigenvalue weighted by Gasteiger charge is 2.35. The van der Waals surface area contributed by atoms with E-state index in [1.54, 1.807) is 0 Å². The summed E-state index contributed by atoms with van der Waals surface area (Å²) in [6, 6.07) is -11.1. The van der Waals surface area contributed by atoms with E-state index in [4.69, 9.17) is 16.6 Å². The van der Waals surface area contributed by atoms with Crippen LogP contribution in [-0.2, 0) is 43.2 Å². The summed E-state index contributed by atoms with van der Waals surface area (Å²) in [7, 11) is 0. The van der Waals surface area contributed by atoms with Crippen molar-refractivity contribution in [3.05, 3.63) is 0 Å². The third-order valence-electron chi connectivity index (χ3n) is 6.93. The van der Waals surface area contributed by atoms with E-state index in [0.29, 0.717) is 0 Å². The molecule has 0 unspecified atom stereocenters. The van der Waals surface area contributed by atoms with Gasteiger partial charge in [0.2, 0.25) is 41.4 Å². The lowest BCUT2D eigenvalue weighted by Gasteiger charge is -2.28. The zero-order valence-corrected chi connectivity index (χ0v) is 28.0. The number of rotatable bonds is 23. The third-order valence-corrected chi connectivity index (χ3v) is 6.93. The summed E-state index contributed by atoms with van der Waals surface area (Å²) >= 11 is 0. The smallest absolute Gasteiger partial charge is 0.326 e. The Morgan fingerprint density at radius 2 is 0.940 bits per heavy atom. The molecule has 0 aliphatic carbocycles. The Hall–Kier alpha value is -4.93. The summed E-state index contributed by atoms with van der Waals surface area (Å²) in [5.41, 5.74) is 10.6. The molecule has 0 spiro atoms. The van der Waals surface area contributed by atoms with Crippen LogP contribution in [0.4, 0.5) is 0 Å². The van der Waals surface area contributed by atoms with Crippen LogP contribution in [0.3, 0.4) is 0 Å². The molecule has 15 N–H and O–H groups in total. The van der Waals surface area contributed by atoms with Crippen molar-refractivity contribution in [3.63, 3.8) is 0 Å². The fourth-order valence-corrected chi connectivity index (χ4v) is 4.02. The molecule has 22 nitrogen and oxygen atoms in total. The molecule has 0 aromatic rings. The number of aliphatic carboxylic acids is 2. The standard InChI is InChI=1S/C28H48N8O14/c1-11(2)20(28(49)50)35-26(47)17(10-38)34-27(48)21(13(4)39)36-24(45)15(6-8-19(41)42)32-25(46)16(9-37)33-23(44)14(5-7-18(30)40)31-22(43)12(3)29/h11-17,20-21,37-39H,5-10,29H2,1-4H3,(H2,30,40)(H,31,43)(H,32,46)(H,33,44)(H,34,48)(H,35,47)(H,36,45)(H,41,42)(H,49,50)/t12-,13+,14-,15-,16-,17-,20-,21-/m0/s1. The maximum Gasteiger partial charge on any atom is 0.326 e. The summed E-state index contributed by atoms with van der Waals surface area (Å²) in [6.07, 6.45) is -3.69. The van der Waals surface area contributed by atoms with E-state index in [-0.39, 0.29) is 12.8 Å². The van der Waals surface area contributed by atoms with Crippen LogP contribution in [0.1, 0.15) is 53.4 Å². The quantitative estimate of drug-likeness (QED) is 0.0467. The largest absolute Gasteiger partial charge is 0.481 e. The van der Waals surface area contributed by atoms with E-state index in [9.17, 15) is 63.6 Å². The van der Waals surface area contributed by atoms with Gasteiger partial charge in [0, 0.05) is 12.8 Å². The van der Waals surface area contributed by atoms with Crippen molar-refractivity contribution in [1.82, 2.24) is 31.9 Å². The van der Waals surface area contributed by atoms with E-state index in [1.807, 2.05) is 0 Å². The summed E-state index contributed by atoms with van der Waals surface area (Å²) < 4.78 is 0. The normalized spacial score (nSPS) is 15.8. The van der Waals surface area contributed by atoms with Gasteiger partial charge < -0.3 is 68.9 Å². The number of hydrogen-bond donors (Lipinski definition) is 13. The number of aliphatic hydroxyl groups excluding tert-OH is 3. The highest BCUT2D eigenvalue weighted by atomic mass is 16.4. The second-order valence-corrected chi connectivity index (χ2v) is 11.6. The van der Waals surface area contributed by atoms with E-state index in [1.165, 1.54) is 20.8 Å². The number of carbonyl (C=O) groups is 9. The van der Waals surface area contributed by atoms with Crippen LogP contribution in [0, 0.1) is 5.92 Å².